The lowest BCUT2D eigenvalue weighted by molar-refractivity contribution is -0.697. The number of aromatic nitrogens is 1. The van der Waals surface area contributed by atoms with Crippen molar-refractivity contribution in [2.75, 3.05) is 0 Å². The van der Waals surface area contributed by atoms with E-state index in [-0.39, 0.29) is 0 Å². The summed E-state index contributed by atoms with van der Waals surface area (Å²) in [6.07, 6.45) is 31.5. The van der Waals surface area contributed by atoms with Gasteiger partial charge in [0.15, 0.2) is 12.4 Å². The molecule has 1 aromatic rings. The SMILES string of the molecule is CCCCCCCCCCCCCCCCCc1ccc[n+](CCCCC)c1. The third-order valence-electron chi connectivity index (χ3n) is 6.01. The van der Waals surface area contributed by atoms with Gasteiger partial charge in [-0.15, -0.1) is 0 Å². The lowest BCUT2D eigenvalue weighted by Crippen LogP contribution is -2.33. The smallest absolute Gasteiger partial charge is 0.171 e. The van der Waals surface area contributed by atoms with Crippen LogP contribution in [0.1, 0.15) is 135 Å². The Hall–Kier alpha value is -0.850. The van der Waals surface area contributed by atoms with Gasteiger partial charge in [-0.05, 0) is 25.3 Å². The molecule has 162 valence electrons. The maximum atomic E-state index is 2.39. The second-order valence-electron chi connectivity index (χ2n) is 8.86. The van der Waals surface area contributed by atoms with E-state index in [0.29, 0.717) is 0 Å². The van der Waals surface area contributed by atoms with Crippen molar-refractivity contribution in [3.05, 3.63) is 30.1 Å². The normalized spacial score (nSPS) is 11.2. The van der Waals surface area contributed by atoms with E-state index in [4.69, 9.17) is 0 Å². The summed E-state index contributed by atoms with van der Waals surface area (Å²) in [5, 5.41) is 0. The van der Waals surface area contributed by atoms with Crippen molar-refractivity contribution in [2.24, 2.45) is 0 Å². The zero-order chi connectivity index (χ0) is 20.1. The fraction of sp³-hybridized carbons (Fsp3) is 0.815. The lowest BCUT2D eigenvalue weighted by atomic mass is 10.0. The Labute approximate surface area is 177 Å². The van der Waals surface area contributed by atoms with Crippen LogP contribution in [0.5, 0.6) is 0 Å². The minimum absolute atomic E-state index is 1.18. The highest BCUT2D eigenvalue weighted by molar-refractivity contribution is 5.05. The largest absolute Gasteiger partial charge is 0.205 e. The summed E-state index contributed by atoms with van der Waals surface area (Å²) in [7, 11) is 0. The highest BCUT2D eigenvalue weighted by Crippen LogP contribution is 2.14. The highest BCUT2D eigenvalue weighted by Gasteiger charge is 2.02. The maximum Gasteiger partial charge on any atom is 0.171 e. The maximum absolute atomic E-state index is 2.39. The second-order valence-corrected chi connectivity index (χ2v) is 8.86. The van der Waals surface area contributed by atoms with Crippen LogP contribution in [0.4, 0.5) is 0 Å². The molecule has 0 fully saturated rings. The Bertz CT molecular complexity index is 440. The van der Waals surface area contributed by atoms with Gasteiger partial charge in [0, 0.05) is 18.1 Å². The third-order valence-corrected chi connectivity index (χ3v) is 6.01. The molecule has 28 heavy (non-hydrogen) atoms. The van der Waals surface area contributed by atoms with Crippen molar-refractivity contribution in [1.29, 1.82) is 0 Å². The molecule has 1 aromatic heterocycles. The Morgan fingerprint density at radius 2 is 1.04 bits per heavy atom. The Morgan fingerprint density at radius 3 is 1.57 bits per heavy atom. The van der Waals surface area contributed by atoms with Gasteiger partial charge in [0.25, 0.3) is 0 Å². The summed E-state index contributed by atoms with van der Waals surface area (Å²) in [5.41, 5.74) is 1.52. The van der Waals surface area contributed by atoms with Crippen LogP contribution in [0.15, 0.2) is 24.5 Å². The Kier molecular flexibility index (Phi) is 17.5. The summed E-state index contributed by atoms with van der Waals surface area (Å²) >= 11 is 0. The van der Waals surface area contributed by atoms with Crippen LogP contribution < -0.4 is 4.57 Å². The van der Waals surface area contributed by atoms with Crippen LogP contribution in [-0.2, 0) is 13.0 Å². The molecule has 0 atom stereocenters. The molecule has 0 radical (unpaired) electrons. The standard InChI is InChI=1S/C27H50N/c1-3-5-7-8-9-10-11-12-13-14-15-16-17-18-19-22-27-23-21-25-28(26-27)24-20-6-4-2/h21,23,25-26H,3-20,22,24H2,1-2H3/q+1. The molecule has 0 bridgehead atoms. The molecule has 0 unspecified atom stereocenters. The van der Waals surface area contributed by atoms with Crippen LogP contribution in [0.2, 0.25) is 0 Å². The van der Waals surface area contributed by atoms with Crippen LogP contribution in [-0.4, -0.2) is 0 Å². The molecule has 1 nitrogen and oxygen atoms in total. The van der Waals surface area contributed by atoms with Crippen molar-refractivity contribution >= 4 is 0 Å². The van der Waals surface area contributed by atoms with Crippen molar-refractivity contribution in [2.45, 2.75) is 142 Å². The van der Waals surface area contributed by atoms with E-state index < -0.39 is 0 Å². The van der Waals surface area contributed by atoms with Gasteiger partial charge < -0.3 is 0 Å². The van der Waals surface area contributed by atoms with Crippen LogP contribution in [0.3, 0.4) is 0 Å². The molecular weight excluding hydrogens is 338 g/mol. The topological polar surface area (TPSA) is 3.88 Å². The zero-order valence-corrected chi connectivity index (χ0v) is 19.4. The molecule has 1 heterocycles. The van der Waals surface area contributed by atoms with Crippen molar-refractivity contribution in [3.63, 3.8) is 0 Å². The molecule has 0 amide bonds. The lowest BCUT2D eigenvalue weighted by Gasteiger charge is -2.04. The van der Waals surface area contributed by atoms with Gasteiger partial charge >= 0.3 is 0 Å². The summed E-state index contributed by atoms with van der Waals surface area (Å²) in [4.78, 5) is 0. The molecule has 0 saturated heterocycles. The number of pyridine rings is 1. The minimum atomic E-state index is 1.18. The van der Waals surface area contributed by atoms with Crippen molar-refractivity contribution in [1.82, 2.24) is 0 Å². The predicted molar refractivity (Wildman–Crippen MR) is 125 cm³/mol. The van der Waals surface area contributed by atoms with E-state index in [1.165, 1.54) is 134 Å². The van der Waals surface area contributed by atoms with E-state index in [0.717, 1.165) is 0 Å². The first kappa shape index (κ1) is 25.2. The molecular formula is C27H50N+. The monoisotopic (exact) mass is 388 g/mol. The fourth-order valence-electron chi connectivity index (χ4n) is 4.11. The molecule has 0 spiro atoms. The van der Waals surface area contributed by atoms with Crippen LogP contribution in [0, 0.1) is 0 Å². The first-order chi connectivity index (χ1) is 13.9. The predicted octanol–water partition coefficient (Wildman–Crippen LogP) is 8.58. The fourth-order valence-corrected chi connectivity index (χ4v) is 4.11. The quantitative estimate of drug-likeness (QED) is 0.155. The molecule has 0 saturated carbocycles. The molecule has 0 aromatic carbocycles. The molecule has 0 aliphatic carbocycles. The molecule has 0 aliphatic heterocycles. The highest BCUT2D eigenvalue weighted by atomic mass is 14.9. The second kappa shape index (κ2) is 19.5. The van der Waals surface area contributed by atoms with Crippen molar-refractivity contribution < 1.29 is 4.57 Å². The Morgan fingerprint density at radius 1 is 0.571 bits per heavy atom. The number of nitrogens with zero attached hydrogens (tertiary/aromatic N) is 1. The number of rotatable bonds is 20. The zero-order valence-electron chi connectivity index (χ0n) is 19.4. The number of aryl methyl sites for hydroxylation is 2. The van der Waals surface area contributed by atoms with Gasteiger partial charge in [-0.1, -0.05) is 110 Å². The summed E-state index contributed by atoms with van der Waals surface area (Å²) < 4.78 is 2.39. The minimum Gasteiger partial charge on any atom is -0.205 e. The number of hydrogen-bond acceptors (Lipinski definition) is 0. The van der Waals surface area contributed by atoms with Gasteiger partial charge in [-0.3, -0.25) is 0 Å². The summed E-state index contributed by atoms with van der Waals surface area (Å²) in [5.74, 6) is 0. The number of unbranched alkanes of at least 4 members (excludes halogenated alkanes) is 16. The van der Waals surface area contributed by atoms with Gasteiger partial charge in [-0.25, -0.2) is 4.57 Å². The molecule has 0 N–H and O–H groups in total. The molecule has 0 aliphatic rings. The number of hydrogen-bond donors (Lipinski definition) is 0. The van der Waals surface area contributed by atoms with Crippen LogP contribution >= 0.6 is 0 Å². The third kappa shape index (κ3) is 15.1. The average Bonchev–Trinajstić information content (AvgIpc) is 2.71. The Balaban J connectivity index is 1.87. The van der Waals surface area contributed by atoms with Crippen LogP contribution in [0.25, 0.3) is 0 Å². The van der Waals surface area contributed by atoms with Gasteiger partial charge in [-0.2, -0.15) is 0 Å². The van der Waals surface area contributed by atoms with E-state index in [2.05, 4.69) is 42.9 Å². The first-order valence-electron chi connectivity index (χ1n) is 12.8. The van der Waals surface area contributed by atoms with Gasteiger partial charge in [0.05, 0.1) is 0 Å². The van der Waals surface area contributed by atoms with Crippen molar-refractivity contribution in [3.8, 4) is 0 Å². The summed E-state index contributed by atoms with van der Waals surface area (Å²) in [6.45, 7) is 5.76. The first-order valence-corrected chi connectivity index (χ1v) is 12.8. The van der Waals surface area contributed by atoms with Gasteiger partial charge in [0.2, 0.25) is 0 Å². The van der Waals surface area contributed by atoms with E-state index in [9.17, 15) is 0 Å². The molecule has 1 rings (SSSR count). The van der Waals surface area contributed by atoms with Gasteiger partial charge in [0.1, 0.15) is 6.54 Å². The van der Waals surface area contributed by atoms with E-state index >= 15 is 0 Å². The summed E-state index contributed by atoms with van der Waals surface area (Å²) in [6, 6.07) is 4.53. The average molecular weight is 389 g/mol. The molecule has 1 heteroatoms. The van der Waals surface area contributed by atoms with E-state index in [1.54, 1.807) is 0 Å². The van der Waals surface area contributed by atoms with E-state index in [1.807, 2.05) is 0 Å².